The summed E-state index contributed by atoms with van der Waals surface area (Å²) in [6.45, 7) is 1.67. The van der Waals surface area contributed by atoms with E-state index < -0.39 is 4.92 Å². The minimum absolute atomic E-state index is 0.0223. The molecule has 1 amide bonds. The molecule has 0 aliphatic rings. The molecule has 0 aliphatic heterocycles. The normalized spacial score (nSPS) is 10.1. The largest absolute Gasteiger partial charge is 0.376 e. The van der Waals surface area contributed by atoms with Gasteiger partial charge in [0.15, 0.2) is 0 Å². The van der Waals surface area contributed by atoms with Gasteiger partial charge in [-0.05, 0) is 31.2 Å². The van der Waals surface area contributed by atoms with Crippen LogP contribution in [-0.4, -0.2) is 17.4 Å². The first-order chi connectivity index (χ1) is 10.5. The minimum atomic E-state index is -0.442. The van der Waals surface area contributed by atoms with Crippen LogP contribution in [0.15, 0.2) is 46.9 Å². The summed E-state index contributed by atoms with van der Waals surface area (Å²) < 4.78 is 0.868. The second-order valence-corrected chi connectivity index (χ2v) is 5.53. The number of amides is 1. The Labute approximate surface area is 135 Å². The van der Waals surface area contributed by atoms with E-state index >= 15 is 0 Å². The molecule has 0 radical (unpaired) electrons. The van der Waals surface area contributed by atoms with Gasteiger partial charge in [0.2, 0.25) is 5.91 Å². The highest BCUT2D eigenvalue weighted by Gasteiger charge is 2.13. The fourth-order valence-electron chi connectivity index (χ4n) is 1.96. The van der Waals surface area contributed by atoms with Gasteiger partial charge >= 0.3 is 0 Å². The molecule has 0 fully saturated rings. The van der Waals surface area contributed by atoms with Crippen LogP contribution in [0, 0.1) is 17.0 Å². The van der Waals surface area contributed by atoms with E-state index in [0.717, 1.165) is 4.47 Å². The van der Waals surface area contributed by atoms with Gasteiger partial charge in [-0.2, -0.15) is 0 Å². The summed E-state index contributed by atoms with van der Waals surface area (Å²) in [6, 6.07) is 12.0. The highest BCUT2D eigenvalue weighted by Crippen LogP contribution is 2.24. The van der Waals surface area contributed by atoms with Crippen LogP contribution in [-0.2, 0) is 4.79 Å². The molecule has 0 heterocycles. The molecule has 0 bridgehead atoms. The van der Waals surface area contributed by atoms with Crippen molar-refractivity contribution >= 4 is 38.9 Å². The van der Waals surface area contributed by atoms with Gasteiger partial charge in [0.25, 0.3) is 5.69 Å². The molecular weight excluding hydrogens is 350 g/mol. The van der Waals surface area contributed by atoms with Crippen LogP contribution in [0.1, 0.15) is 5.56 Å². The summed E-state index contributed by atoms with van der Waals surface area (Å²) in [7, 11) is 0. The SMILES string of the molecule is Cc1c(NCC(=O)Nc2cccc(Br)c2)cccc1[N+](=O)[O-]. The predicted octanol–water partition coefficient (Wildman–Crippen LogP) is 3.72. The van der Waals surface area contributed by atoms with E-state index in [1.807, 2.05) is 12.1 Å². The van der Waals surface area contributed by atoms with Crippen molar-refractivity contribution in [2.24, 2.45) is 0 Å². The average Bonchev–Trinajstić information content (AvgIpc) is 2.46. The van der Waals surface area contributed by atoms with Crippen molar-refractivity contribution in [2.45, 2.75) is 6.92 Å². The van der Waals surface area contributed by atoms with Crippen LogP contribution in [0.2, 0.25) is 0 Å². The number of nitro benzene ring substituents is 1. The number of benzene rings is 2. The molecule has 114 valence electrons. The van der Waals surface area contributed by atoms with Crippen LogP contribution < -0.4 is 10.6 Å². The molecule has 0 saturated carbocycles. The second-order valence-electron chi connectivity index (χ2n) is 4.62. The maximum atomic E-state index is 11.9. The highest BCUT2D eigenvalue weighted by atomic mass is 79.9. The topological polar surface area (TPSA) is 84.3 Å². The number of hydrogen-bond donors (Lipinski definition) is 2. The third-order valence-corrected chi connectivity index (χ3v) is 3.54. The zero-order valence-electron chi connectivity index (χ0n) is 11.8. The third-order valence-electron chi connectivity index (χ3n) is 3.05. The van der Waals surface area contributed by atoms with Gasteiger partial charge in [0.05, 0.1) is 11.5 Å². The Hall–Kier alpha value is -2.41. The molecule has 0 saturated heterocycles. The lowest BCUT2D eigenvalue weighted by molar-refractivity contribution is -0.385. The lowest BCUT2D eigenvalue weighted by Crippen LogP contribution is -2.22. The number of nitrogens with zero attached hydrogens (tertiary/aromatic N) is 1. The predicted molar refractivity (Wildman–Crippen MR) is 89.1 cm³/mol. The molecule has 2 N–H and O–H groups in total. The van der Waals surface area contributed by atoms with Gasteiger partial charge in [-0.1, -0.05) is 28.1 Å². The van der Waals surface area contributed by atoms with Crippen molar-refractivity contribution in [3.8, 4) is 0 Å². The Balaban J connectivity index is 2.00. The van der Waals surface area contributed by atoms with E-state index in [2.05, 4.69) is 26.6 Å². The van der Waals surface area contributed by atoms with Crippen molar-refractivity contribution < 1.29 is 9.72 Å². The molecular formula is C15H14BrN3O3. The Morgan fingerprint density at radius 3 is 2.68 bits per heavy atom. The lowest BCUT2D eigenvalue weighted by atomic mass is 10.1. The van der Waals surface area contributed by atoms with Crippen LogP contribution in [0.25, 0.3) is 0 Å². The quantitative estimate of drug-likeness (QED) is 0.626. The first-order valence-corrected chi connectivity index (χ1v) is 7.30. The molecule has 2 rings (SSSR count). The molecule has 22 heavy (non-hydrogen) atoms. The van der Waals surface area contributed by atoms with Gasteiger partial charge in [-0.25, -0.2) is 0 Å². The van der Waals surface area contributed by atoms with E-state index in [1.54, 1.807) is 31.2 Å². The second kappa shape index (κ2) is 7.04. The summed E-state index contributed by atoms with van der Waals surface area (Å²) in [5.41, 5.74) is 1.77. The van der Waals surface area contributed by atoms with Crippen LogP contribution >= 0.6 is 15.9 Å². The van der Waals surface area contributed by atoms with Gasteiger partial charge in [-0.3, -0.25) is 14.9 Å². The molecule has 2 aromatic carbocycles. The fourth-order valence-corrected chi connectivity index (χ4v) is 2.36. The van der Waals surface area contributed by atoms with Crippen molar-refractivity contribution in [3.63, 3.8) is 0 Å². The third kappa shape index (κ3) is 4.05. The van der Waals surface area contributed by atoms with E-state index in [1.165, 1.54) is 6.07 Å². The Bertz CT molecular complexity index is 719. The van der Waals surface area contributed by atoms with E-state index in [-0.39, 0.29) is 18.1 Å². The van der Waals surface area contributed by atoms with Gasteiger partial charge < -0.3 is 10.6 Å². The van der Waals surface area contributed by atoms with Gasteiger partial charge in [-0.15, -0.1) is 0 Å². The first kappa shape index (κ1) is 16.0. The average molecular weight is 364 g/mol. The summed E-state index contributed by atoms with van der Waals surface area (Å²) in [4.78, 5) is 22.3. The van der Waals surface area contributed by atoms with E-state index in [0.29, 0.717) is 16.9 Å². The summed E-state index contributed by atoms with van der Waals surface area (Å²) >= 11 is 3.33. The maximum absolute atomic E-state index is 11.9. The summed E-state index contributed by atoms with van der Waals surface area (Å²) in [6.07, 6.45) is 0. The van der Waals surface area contributed by atoms with Crippen molar-refractivity contribution in [2.75, 3.05) is 17.2 Å². The van der Waals surface area contributed by atoms with E-state index in [4.69, 9.17) is 0 Å². The molecule has 6 nitrogen and oxygen atoms in total. The Morgan fingerprint density at radius 1 is 1.27 bits per heavy atom. The standard InChI is InChI=1S/C15H14BrN3O3/c1-10-13(6-3-7-14(10)19(21)22)17-9-15(20)18-12-5-2-4-11(16)8-12/h2-8,17H,9H2,1H3,(H,18,20). The number of nitro groups is 1. The molecule has 0 aromatic heterocycles. The number of halogens is 1. The molecule has 0 unspecified atom stereocenters. The van der Waals surface area contributed by atoms with Crippen LogP contribution in [0.5, 0.6) is 0 Å². The zero-order chi connectivity index (χ0) is 16.1. The molecule has 0 aliphatic carbocycles. The first-order valence-electron chi connectivity index (χ1n) is 6.50. The maximum Gasteiger partial charge on any atom is 0.274 e. The number of hydrogen-bond acceptors (Lipinski definition) is 4. The number of carbonyl (C=O) groups is 1. The monoisotopic (exact) mass is 363 g/mol. The van der Waals surface area contributed by atoms with Gasteiger partial charge in [0, 0.05) is 27.5 Å². The molecule has 7 heteroatoms. The number of carbonyl (C=O) groups excluding carboxylic acids is 1. The van der Waals surface area contributed by atoms with Crippen molar-refractivity contribution in [1.82, 2.24) is 0 Å². The number of rotatable bonds is 5. The Kier molecular flexibility index (Phi) is 5.11. The number of anilines is 2. The summed E-state index contributed by atoms with van der Waals surface area (Å²) in [5.74, 6) is -0.232. The van der Waals surface area contributed by atoms with Crippen molar-refractivity contribution in [3.05, 3.63) is 62.6 Å². The van der Waals surface area contributed by atoms with Crippen molar-refractivity contribution in [1.29, 1.82) is 0 Å². The van der Waals surface area contributed by atoms with Gasteiger partial charge in [0.1, 0.15) is 0 Å². The molecule has 2 aromatic rings. The zero-order valence-corrected chi connectivity index (χ0v) is 13.4. The van der Waals surface area contributed by atoms with Crippen LogP contribution in [0.4, 0.5) is 17.1 Å². The number of nitrogens with one attached hydrogen (secondary N) is 2. The smallest absolute Gasteiger partial charge is 0.274 e. The minimum Gasteiger partial charge on any atom is -0.376 e. The summed E-state index contributed by atoms with van der Waals surface area (Å²) in [5, 5.41) is 16.5. The fraction of sp³-hybridized carbons (Fsp3) is 0.133. The van der Waals surface area contributed by atoms with Crippen LogP contribution in [0.3, 0.4) is 0 Å². The van der Waals surface area contributed by atoms with E-state index in [9.17, 15) is 14.9 Å². The Morgan fingerprint density at radius 2 is 2.00 bits per heavy atom. The highest BCUT2D eigenvalue weighted by molar-refractivity contribution is 9.10. The lowest BCUT2D eigenvalue weighted by Gasteiger charge is -2.10. The molecule has 0 spiro atoms. The molecule has 0 atom stereocenters.